The first kappa shape index (κ1) is 24.2. The molecule has 0 spiro atoms. The Bertz CT molecular complexity index is 878. The predicted octanol–water partition coefficient (Wildman–Crippen LogP) is 3.31. The Morgan fingerprint density at radius 2 is 1.90 bits per heavy atom. The lowest BCUT2D eigenvalue weighted by Gasteiger charge is -2.20. The molecular weight excluding hydrogens is 489 g/mol. The molecule has 1 aliphatic heterocycles. The Kier molecular flexibility index (Phi) is 9.68. The van der Waals surface area contributed by atoms with Crippen LogP contribution in [0.1, 0.15) is 30.5 Å². The van der Waals surface area contributed by atoms with E-state index in [1.165, 1.54) is 11.3 Å². The van der Waals surface area contributed by atoms with Crippen LogP contribution >= 0.6 is 24.0 Å². The van der Waals surface area contributed by atoms with Gasteiger partial charge >= 0.3 is 0 Å². The second kappa shape index (κ2) is 12.0. The van der Waals surface area contributed by atoms with Gasteiger partial charge in [0, 0.05) is 56.7 Å². The lowest BCUT2D eigenvalue weighted by atomic mass is 10.2. The van der Waals surface area contributed by atoms with Crippen molar-refractivity contribution < 1.29 is 0 Å². The minimum absolute atomic E-state index is 0. The number of pyridine rings is 1. The highest BCUT2D eigenvalue weighted by molar-refractivity contribution is 14.0. The SMILES string of the molecule is CN=C(NCCCCn1c(C)cccc1=O)NC1CCN(c2ccc(C)cc2)C1.I. The molecule has 1 fully saturated rings. The third-order valence-corrected chi connectivity index (χ3v) is 5.52. The highest BCUT2D eigenvalue weighted by Gasteiger charge is 2.23. The summed E-state index contributed by atoms with van der Waals surface area (Å²) < 4.78 is 1.84. The first-order valence-corrected chi connectivity index (χ1v) is 10.5. The number of nitrogens with zero attached hydrogens (tertiary/aromatic N) is 3. The maximum Gasteiger partial charge on any atom is 0.250 e. The number of aromatic nitrogens is 1. The summed E-state index contributed by atoms with van der Waals surface area (Å²) in [4.78, 5) is 18.7. The molecule has 1 unspecified atom stereocenters. The number of aliphatic imine (C=N–C) groups is 1. The zero-order chi connectivity index (χ0) is 20.6. The van der Waals surface area contributed by atoms with Gasteiger partial charge in [-0.3, -0.25) is 9.79 Å². The van der Waals surface area contributed by atoms with E-state index in [4.69, 9.17) is 0 Å². The molecule has 7 heteroatoms. The van der Waals surface area contributed by atoms with Gasteiger partial charge in [0.05, 0.1) is 0 Å². The van der Waals surface area contributed by atoms with E-state index < -0.39 is 0 Å². The van der Waals surface area contributed by atoms with Crippen molar-refractivity contribution in [1.29, 1.82) is 0 Å². The van der Waals surface area contributed by atoms with E-state index in [0.29, 0.717) is 6.04 Å². The van der Waals surface area contributed by atoms with Crippen molar-refractivity contribution in [3.8, 4) is 0 Å². The smallest absolute Gasteiger partial charge is 0.250 e. The van der Waals surface area contributed by atoms with Crippen LogP contribution in [0.5, 0.6) is 0 Å². The number of guanidine groups is 1. The number of hydrogen-bond donors (Lipinski definition) is 2. The van der Waals surface area contributed by atoms with Crippen LogP contribution in [0, 0.1) is 13.8 Å². The number of aryl methyl sites for hydroxylation is 2. The Hall–Kier alpha value is -2.03. The van der Waals surface area contributed by atoms with Crippen molar-refractivity contribution in [3.63, 3.8) is 0 Å². The molecule has 1 saturated heterocycles. The van der Waals surface area contributed by atoms with Gasteiger partial charge in [0.25, 0.3) is 5.56 Å². The van der Waals surface area contributed by atoms with Crippen molar-refractivity contribution in [1.82, 2.24) is 15.2 Å². The van der Waals surface area contributed by atoms with Crippen LogP contribution in [0.4, 0.5) is 5.69 Å². The highest BCUT2D eigenvalue weighted by Crippen LogP contribution is 2.20. The molecule has 2 heterocycles. The van der Waals surface area contributed by atoms with Crippen LogP contribution in [-0.4, -0.2) is 43.3 Å². The largest absolute Gasteiger partial charge is 0.369 e. The van der Waals surface area contributed by atoms with E-state index in [1.807, 2.05) is 30.7 Å². The molecule has 1 atom stereocenters. The van der Waals surface area contributed by atoms with Gasteiger partial charge in [0.2, 0.25) is 0 Å². The van der Waals surface area contributed by atoms with E-state index in [1.54, 1.807) is 6.07 Å². The number of hydrogen-bond acceptors (Lipinski definition) is 3. The summed E-state index contributed by atoms with van der Waals surface area (Å²) in [5.41, 5.74) is 3.67. The highest BCUT2D eigenvalue weighted by atomic mass is 127. The van der Waals surface area contributed by atoms with E-state index in [9.17, 15) is 4.79 Å². The second-order valence-electron chi connectivity index (χ2n) is 7.77. The molecule has 0 radical (unpaired) electrons. The summed E-state index contributed by atoms with van der Waals surface area (Å²) in [6.45, 7) is 7.74. The second-order valence-corrected chi connectivity index (χ2v) is 7.77. The molecule has 164 valence electrons. The quantitative estimate of drug-likeness (QED) is 0.253. The average molecular weight is 523 g/mol. The number of halogens is 1. The topological polar surface area (TPSA) is 61.7 Å². The fourth-order valence-corrected chi connectivity index (χ4v) is 3.77. The number of benzene rings is 1. The number of anilines is 1. The summed E-state index contributed by atoms with van der Waals surface area (Å²) in [5.74, 6) is 0.855. The molecule has 0 saturated carbocycles. The first-order chi connectivity index (χ1) is 14.1. The molecule has 1 aromatic heterocycles. The van der Waals surface area contributed by atoms with Crippen LogP contribution in [0.15, 0.2) is 52.3 Å². The Morgan fingerprint density at radius 1 is 1.13 bits per heavy atom. The molecule has 2 aromatic rings. The molecule has 6 nitrogen and oxygen atoms in total. The van der Waals surface area contributed by atoms with Gasteiger partial charge in [-0.25, -0.2) is 0 Å². The molecule has 1 aromatic carbocycles. The monoisotopic (exact) mass is 523 g/mol. The zero-order valence-electron chi connectivity index (χ0n) is 18.2. The Morgan fingerprint density at radius 3 is 2.60 bits per heavy atom. The molecule has 30 heavy (non-hydrogen) atoms. The molecule has 0 amide bonds. The van der Waals surface area contributed by atoms with Crippen LogP contribution in [0.25, 0.3) is 0 Å². The lowest BCUT2D eigenvalue weighted by Crippen LogP contribution is -2.44. The lowest BCUT2D eigenvalue weighted by molar-refractivity contribution is 0.571. The number of unbranched alkanes of at least 4 members (excludes halogenated alkanes) is 1. The van der Waals surface area contributed by atoms with E-state index in [-0.39, 0.29) is 29.5 Å². The van der Waals surface area contributed by atoms with E-state index in [0.717, 1.165) is 57.1 Å². The molecule has 2 N–H and O–H groups in total. The first-order valence-electron chi connectivity index (χ1n) is 10.5. The van der Waals surface area contributed by atoms with E-state index >= 15 is 0 Å². The van der Waals surface area contributed by atoms with Crippen LogP contribution in [0.2, 0.25) is 0 Å². The normalized spacial score (nSPS) is 16.3. The zero-order valence-corrected chi connectivity index (χ0v) is 20.6. The van der Waals surface area contributed by atoms with Crippen molar-refractivity contribution in [2.75, 3.05) is 31.6 Å². The maximum absolute atomic E-state index is 11.9. The summed E-state index contributed by atoms with van der Waals surface area (Å²) >= 11 is 0. The fraction of sp³-hybridized carbons (Fsp3) is 0.478. The standard InChI is InChI=1S/C23H33N5O.HI/c1-18-9-11-21(12-10-18)27-16-13-20(17-27)26-23(24-3)25-14-4-5-15-28-19(2)7-6-8-22(28)29;/h6-12,20H,4-5,13-17H2,1-3H3,(H2,24,25,26);1H. The van der Waals surface area contributed by atoms with Crippen LogP contribution in [-0.2, 0) is 6.54 Å². The maximum atomic E-state index is 11.9. The number of rotatable bonds is 7. The summed E-state index contributed by atoms with van der Waals surface area (Å²) in [6, 6.07) is 14.5. The predicted molar refractivity (Wildman–Crippen MR) is 136 cm³/mol. The van der Waals surface area contributed by atoms with Crippen LogP contribution in [0.3, 0.4) is 0 Å². The van der Waals surface area contributed by atoms with Gasteiger partial charge in [0.15, 0.2) is 5.96 Å². The van der Waals surface area contributed by atoms with Gasteiger partial charge in [-0.1, -0.05) is 23.8 Å². The van der Waals surface area contributed by atoms with Crippen molar-refractivity contribution in [2.45, 2.75) is 45.7 Å². The van der Waals surface area contributed by atoms with Crippen LogP contribution < -0.4 is 21.1 Å². The minimum Gasteiger partial charge on any atom is -0.369 e. The van der Waals surface area contributed by atoms with Gasteiger partial charge in [-0.05, 0) is 51.3 Å². The molecule has 1 aliphatic rings. The minimum atomic E-state index is 0. The molecule has 0 bridgehead atoms. The van der Waals surface area contributed by atoms with Gasteiger partial charge in [-0.2, -0.15) is 0 Å². The summed E-state index contributed by atoms with van der Waals surface area (Å²) in [6.07, 6.45) is 3.05. The van der Waals surface area contributed by atoms with Crippen molar-refractivity contribution in [2.24, 2.45) is 4.99 Å². The summed E-state index contributed by atoms with van der Waals surface area (Å²) in [5, 5.41) is 6.95. The van der Waals surface area contributed by atoms with Gasteiger partial charge in [-0.15, -0.1) is 24.0 Å². The fourth-order valence-electron chi connectivity index (χ4n) is 3.77. The molecular formula is C23H34IN5O. The molecule has 0 aliphatic carbocycles. The average Bonchev–Trinajstić information content (AvgIpc) is 3.18. The third-order valence-electron chi connectivity index (χ3n) is 5.52. The molecule has 3 rings (SSSR count). The number of nitrogens with one attached hydrogen (secondary N) is 2. The van der Waals surface area contributed by atoms with Crippen molar-refractivity contribution in [3.05, 3.63) is 64.1 Å². The Balaban J connectivity index is 0.00000320. The van der Waals surface area contributed by atoms with E-state index in [2.05, 4.69) is 51.7 Å². The van der Waals surface area contributed by atoms with Crippen molar-refractivity contribution >= 4 is 35.6 Å². The third kappa shape index (κ3) is 6.75. The van der Waals surface area contributed by atoms with Gasteiger partial charge < -0.3 is 20.1 Å². The summed E-state index contributed by atoms with van der Waals surface area (Å²) in [7, 11) is 1.81. The Labute approximate surface area is 196 Å². The van der Waals surface area contributed by atoms with Gasteiger partial charge in [0.1, 0.15) is 0 Å².